The largest absolute Gasteiger partial charge is 0.311 e. The maximum Gasteiger partial charge on any atom is 0.114 e. The number of benzene rings is 1. The molecular weight excluding hydrogens is 268 g/mol. The molecule has 0 bridgehead atoms. The maximum absolute atomic E-state index is 4.75. The standard InChI is InChI=1S/C15H18N4S/c1-3-16-8-13-12-6-4-5-7-14(12)19(18-13)9-15-17-11(2)10-20-15/h4-7,10,16H,3,8-9H2,1-2H3. The molecule has 0 saturated carbocycles. The van der Waals surface area contributed by atoms with Gasteiger partial charge in [-0.1, -0.05) is 25.1 Å². The molecule has 2 aromatic heterocycles. The third kappa shape index (κ3) is 2.59. The van der Waals surface area contributed by atoms with Crippen molar-refractivity contribution in [1.82, 2.24) is 20.1 Å². The van der Waals surface area contributed by atoms with Gasteiger partial charge in [-0.05, 0) is 19.5 Å². The normalized spacial score (nSPS) is 11.3. The van der Waals surface area contributed by atoms with Crippen molar-refractivity contribution in [3.8, 4) is 0 Å². The van der Waals surface area contributed by atoms with Gasteiger partial charge in [0, 0.05) is 23.0 Å². The van der Waals surface area contributed by atoms with Crippen molar-refractivity contribution in [2.75, 3.05) is 6.54 Å². The molecule has 0 aliphatic carbocycles. The zero-order chi connectivity index (χ0) is 13.9. The second-order valence-corrected chi connectivity index (χ2v) is 5.73. The lowest BCUT2D eigenvalue weighted by atomic mass is 10.2. The number of hydrogen-bond donors (Lipinski definition) is 1. The van der Waals surface area contributed by atoms with E-state index in [1.165, 1.54) is 10.9 Å². The zero-order valence-electron chi connectivity index (χ0n) is 11.8. The van der Waals surface area contributed by atoms with Crippen LogP contribution in [-0.4, -0.2) is 21.3 Å². The average Bonchev–Trinajstić information content (AvgIpc) is 3.02. The van der Waals surface area contributed by atoms with Crippen LogP contribution >= 0.6 is 11.3 Å². The molecule has 2 heterocycles. The van der Waals surface area contributed by atoms with Crippen LogP contribution in [0.3, 0.4) is 0 Å². The van der Waals surface area contributed by atoms with Crippen molar-refractivity contribution in [2.24, 2.45) is 0 Å². The minimum absolute atomic E-state index is 0.741. The Labute approximate surface area is 122 Å². The number of nitrogens with one attached hydrogen (secondary N) is 1. The lowest BCUT2D eigenvalue weighted by Crippen LogP contribution is -2.13. The van der Waals surface area contributed by atoms with Gasteiger partial charge >= 0.3 is 0 Å². The van der Waals surface area contributed by atoms with Gasteiger partial charge in [-0.3, -0.25) is 4.68 Å². The smallest absolute Gasteiger partial charge is 0.114 e. The monoisotopic (exact) mass is 286 g/mol. The van der Waals surface area contributed by atoms with E-state index in [0.717, 1.165) is 36.0 Å². The maximum atomic E-state index is 4.75. The van der Waals surface area contributed by atoms with Gasteiger partial charge in [-0.15, -0.1) is 11.3 Å². The molecule has 1 N–H and O–H groups in total. The van der Waals surface area contributed by atoms with Gasteiger partial charge in [0.15, 0.2) is 0 Å². The molecule has 0 radical (unpaired) electrons. The number of thiazole rings is 1. The fraction of sp³-hybridized carbons (Fsp3) is 0.333. The van der Waals surface area contributed by atoms with Crippen LogP contribution in [0.1, 0.15) is 23.3 Å². The van der Waals surface area contributed by atoms with Crippen molar-refractivity contribution in [3.05, 3.63) is 46.0 Å². The van der Waals surface area contributed by atoms with E-state index in [-0.39, 0.29) is 0 Å². The molecule has 3 rings (SSSR count). The Kier molecular flexibility index (Phi) is 3.80. The molecule has 0 fully saturated rings. The highest BCUT2D eigenvalue weighted by Gasteiger charge is 2.10. The van der Waals surface area contributed by atoms with Crippen LogP contribution in [0.2, 0.25) is 0 Å². The number of rotatable bonds is 5. The first-order valence-electron chi connectivity index (χ1n) is 6.84. The van der Waals surface area contributed by atoms with Crippen LogP contribution in [0.5, 0.6) is 0 Å². The summed E-state index contributed by atoms with van der Waals surface area (Å²) >= 11 is 1.69. The molecule has 0 unspecified atom stereocenters. The molecule has 0 atom stereocenters. The van der Waals surface area contributed by atoms with Crippen molar-refractivity contribution in [3.63, 3.8) is 0 Å². The molecule has 0 aliphatic rings. The fourth-order valence-corrected chi connectivity index (χ4v) is 3.05. The van der Waals surface area contributed by atoms with Crippen molar-refractivity contribution < 1.29 is 0 Å². The Morgan fingerprint density at radius 2 is 2.15 bits per heavy atom. The Hall–Kier alpha value is -1.72. The van der Waals surface area contributed by atoms with Crippen LogP contribution in [0.4, 0.5) is 0 Å². The average molecular weight is 286 g/mol. The molecule has 104 valence electrons. The Balaban J connectivity index is 1.97. The fourth-order valence-electron chi connectivity index (χ4n) is 2.29. The SMILES string of the molecule is CCNCc1nn(Cc2nc(C)cs2)c2ccccc12. The molecular formula is C15H18N4S. The third-order valence-corrected chi connectivity index (χ3v) is 4.18. The minimum Gasteiger partial charge on any atom is -0.311 e. The van der Waals surface area contributed by atoms with Gasteiger partial charge in [0.1, 0.15) is 5.01 Å². The zero-order valence-corrected chi connectivity index (χ0v) is 12.6. The van der Waals surface area contributed by atoms with Crippen molar-refractivity contribution in [1.29, 1.82) is 0 Å². The number of aromatic nitrogens is 3. The van der Waals surface area contributed by atoms with Crippen LogP contribution in [0, 0.1) is 6.92 Å². The molecule has 20 heavy (non-hydrogen) atoms. The van der Waals surface area contributed by atoms with E-state index in [9.17, 15) is 0 Å². The Morgan fingerprint density at radius 3 is 2.90 bits per heavy atom. The highest BCUT2D eigenvalue weighted by molar-refractivity contribution is 7.09. The predicted molar refractivity (Wildman–Crippen MR) is 83.1 cm³/mol. The molecule has 5 heteroatoms. The van der Waals surface area contributed by atoms with Gasteiger partial charge < -0.3 is 5.32 Å². The summed E-state index contributed by atoms with van der Waals surface area (Å²) in [4.78, 5) is 4.53. The van der Waals surface area contributed by atoms with Crippen LogP contribution in [0.25, 0.3) is 10.9 Å². The summed E-state index contributed by atoms with van der Waals surface area (Å²) < 4.78 is 2.06. The predicted octanol–water partition coefficient (Wildman–Crippen LogP) is 2.96. The van der Waals surface area contributed by atoms with Crippen molar-refractivity contribution in [2.45, 2.75) is 26.9 Å². The van der Waals surface area contributed by atoms with Crippen LogP contribution in [0.15, 0.2) is 29.6 Å². The first-order valence-corrected chi connectivity index (χ1v) is 7.72. The first-order chi connectivity index (χ1) is 9.78. The summed E-state index contributed by atoms with van der Waals surface area (Å²) in [6.45, 7) is 6.63. The number of para-hydroxylation sites is 1. The molecule has 0 saturated heterocycles. The summed E-state index contributed by atoms with van der Waals surface area (Å²) in [6.07, 6.45) is 0. The van der Waals surface area contributed by atoms with Crippen LogP contribution < -0.4 is 5.32 Å². The Morgan fingerprint density at radius 1 is 1.30 bits per heavy atom. The van der Waals surface area contributed by atoms with E-state index >= 15 is 0 Å². The van der Waals surface area contributed by atoms with Gasteiger partial charge in [0.25, 0.3) is 0 Å². The van der Waals surface area contributed by atoms with Gasteiger partial charge in [0.05, 0.1) is 17.8 Å². The summed E-state index contributed by atoms with van der Waals surface area (Å²) in [5.74, 6) is 0. The van der Waals surface area contributed by atoms with E-state index in [0.29, 0.717) is 0 Å². The molecule has 3 aromatic rings. The van der Waals surface area contributed by atoms with E-state index in [1.807, 2.05) is 6.92 Å². The topological polar surface area (TPSA) is 42.7 Å². The number of fused-ring (bicyclic) bond motifs is 1. The molecule has 0 aliphatic heterocycles. The molecule has 1 aromatic carbocycles. The summed E-state index contributed by atoms with van der Waals surface area (Å²) in [6, 6.07) is 8.39. The lowest BCUT2D eigenvalue weighted by Gasteiger charge is -2.00. The Bertz CT molecular complexity index is 714. The number of aryl methyl sites for hydroxylation is 1. The van der Waals surface area contributed by atoms with E-state index in [1.54, 1.807) is 11.3 Å². The van der Waals surface area contributed by atoms with E-state index < -0.39 is 0 Å². The van der Waals surface area contributed by atoms with Gasteiger partial charge in [0.2, 0.25) is 0 Å². The van der Waals surface area contributed by atoms with Crippen LogP contribution in [-0.2, 0) is 13.1 Å². The van der Waals surface area contributed by atoms with Gasteiger partial charge in [-0.25, -0.2) is 4.98 Å². The quantitative estimate of drug-likeness (QED) is 0.784. The minimum atomic E-state index is 0.741. The molecule has 0 spiro atoms. The summed E-state index contributed by atoms with van der Waals surface area (Å²) in [5, 5.41) is 12.5. The number of nitrogens with zero attached hydrogens (tertiary/aromatic N) is 3. The molecule has 4 nitrogen and oxygen atoms in total. The van der Waals surface area contributed by atoms with Gasteiger partial charge in [-0.2, -0.15) is 5.10 Å². The summed E-state index contributed by atoms with van der Waals surface area (Å²) in [7, 11) is 0. The molecule has 0 amide bonds. The highest BCUT2D eigenvalue weighted by atomic mass is 32.1. The first kappa shape index (κ1) is 13.3. The lowest BCUT2D eigenvalue weighted by molar-refractivity contribution is 0.655. The van der Waals surface area contributed by atoms with Crippen molar-refractivity contribution >= 4 is 22.2 Å². The highest BCUT2D eigenvalue weighted by Crippen LogP contribution is 2.20. The summed E-state index contributed by atoms with van der Waals surface area (Å²) in [5.41, 5.74) is 3.36. The van der Waals surface area contributed by atoms with E-state index in [2.05, 4.69) is 51.6 Å². The number of hydrogen-bond acceptors (Lipinski definition) is 4. The second-order valence-electron chi connectivity index (χ2n) is 4.78. The second kappa shape index (κ2) is 5.73. The van der Waals surface area contributed by atoms with E-state index in [4.69, 9.17) is 5.10 Å². The third-order valence-electron chi connectivity index (χ3n) is 3.23.